The lowest BCUT2D eigenvalue weighted by atomic mass is 9.85. The number of aromatic nitrogens is 2. The lowest BCUT2D eigenvalue weighted by molar-refractivity contribution is -0.138. The molecule has 0 radical (unpaired) electrons. The van der Waals surface area contributed by atoms with Crippen molar-refractivity contribution >= 4 is 41.1 Å². The predicted molar refractivity (Wildman–Crippen MR) is 289 cm³/mol. The summed E-state index contributed by atoms with van der Waals surface area (Å²) in [6, 6.07) is 16.4. The van der Waals surface area contributed by atoms with Gasteiger partial charge in [0.05, 0.1) is 37.2 Å². The molecule has 17 heteroatoms. The number of likely N-dealkylation sites (tertiary alicyclic amines) is 2. The molecule has 3 aromatic rings. The van der Waals surface area contributed by atoms with E-state index in [0.717, 1.165) is 139 Å². The van der Waals surface area contributed by atoms with Gasteiger partial charge in [0.15, 0.2) is 0 Å². The highest BCUT2D eigenvalue weighted by Crippen LogP contribution is 2.60. The number of anilines is 2. The fourth-order valence-electron chi connectivity index (χ4n) is 13.6. The van der Waals surface area contributed by atoms with Crippen LogP contribution in [-0.2, 0) is 46.3 Å². The number of aliphatic carboxylic acids is 1. The highest BCUT2D eigenvalue weighted by Gasteiger charge is 2.57. The molecule has 76 heavy (non-hydrogen) atoms. The highest BCUT2D eigenvalue weighted by molar-refractivity contribution is 5.90. The summed E-state index contributed by atoms with van der Waals surface area (Å²) >= 11 is 0. The largest absolute Gasteiger partial charge is 0.481 e. The second-order valence-corrected chi connectivity index (χ2v) is 23.2. The number of rotatable bonds is 21. The zero-order valence-corrected chi connectivity index (χ0v) is 44.7. The van der Waals surface area contributed by atoms with E-state index in [-0.39, 0.29) is 72.6 Å². The van der Waals surface area contributed by atoms with Crippen LogP contribution in [0.15, 0.2) is 60.9 Å². The van der Waals surface area contributed by atoms with Gasteiger partial charge in [-0.2, -0.15) is 0 Å². The number of carbonyl (C=O) groups is 5. The van der Waals surface area contributed by atoms with Crippen molar-refractivity contribution in [2.24, 2.45) is 23.2 Å². The van der Waals surface area contributed by atoms with E-state index in [2.05, 4.69) is 67.1 Å². The van der Waals surface area contributed by atoms with Crippen molar-refractivity contribution < 1.29 is 38.6 Å². The molecule has 4 amide bonds. The third-order valence-electron chi connectivity index (χ3n) is 18.1. The number of carboxylic acid groups (broad SMARTS) is 1. The summed E-state index contributed by atoms with van der Waals surface area (Å²) < 4.78 is 12.3. The Balaban J connectivity index is 0.577. The monoisotopic (exact) mass is 1040 g/mol. The first-order chi connectivity index (χ1) is 37.0. The Morgan fingerprint density at radius 1 is 0.921 bits per heavy atom. The Morgan fingerprint density at radius 3 is 2.47 bits per heavy atom. The third kappa shape index (κ3) is 13.4. The number of pyridine rings is 2. The van der Waals surface area contributed by atoms with E-state index in [1.54, 1.807) is 24.3 Å². The van der Waals surface area contributed by atoms with Gasteiger partial charge in [-0.1, -0.05) is 24.3 Å². The van der Waals surface area contributed by atoms with Gasteiger partial charge in [0.1, 0.15) is 5.82 Å². The molecule has 2 unspecified atom stereocenters. The summed E-state index contributed by atoms with van der Waals surface area (Å²) in [5.41, 5.74) is 5.85. The van der Waals surface area contributed by atoms with E-state index in [0.29, 0.717) is 57.0 Å². The zero-order chi connectivity index (χ0) is 52.6. The van der Waals surface area contributed by atoms with Crippen molar-refractivity contribution in [2.75, 3.05) is 89.4 Å². The molecule has 17 nitrogen and oxygen atoms in total. The van der Waals surface area contributed by atoms with Crippen molar-refractivity contribution in [3.8, 4) is 0 Å². The number of ether oxygens (including phenoxy) is 2. The minimum Gasteiger partial charge on any atom is -0.481 e. The Bertz CT molecular complexity index is 2490. The van der Waals surface area contributed by atoms with Crippen molar-refractivity contribution in [1.29, 1.82) is 0 Å². The number of hydrogen-bond acceptors (Lipinski definition) is 12. The van der Waals surface area contributed by atoms with Crippen LogP contribution >= 0.6 is 0 Å². The van der Waals surface area contributed by atoms with Crippen molar-refractivity contribution in [3.63, 3.8) is 0 Å². The van der Waals surface area contributed by atoms with E-state index in [1.807, 2.05) is 17.0 Å². The smallest absolute Gasteiger partial charge is 0.304 e. The van der Waals surface area contributed by atoms with Crippen LogP contribution < -0.4 is 20.9 Å². The number of carboxylic acids is 1. The van der Waals surface area contributed by atoms with Gasteiger partial charge < -0.3 is 50.1 Å². The molecule has 3 saturated carbocycles. The Labute approximate surface area is 448 Å². The van der Waals surface area contributed by atoms with Gasteiger partial charge in [-0.25, -0.2) is 4.98 Å². The topological polar surface area (TPSA) is 199 Å². The molecular weight excluding hydrogens is 963 g/mol. The normalized spacial score (nSPS) is 27.9. The van der Waals surface area contributed by atoms with Gasteiger partial charge >= 0.3 is 5.97 Å². The lowest BCUT2D eigenvalue weighted by Gasteiger charge is -2.39. The molecule has 3 aliphatic carbocycles. The number of amides is 4. The molecule has 5 atom stereocenters. The molecule has 6 fully saturated rings. The number of piperazine rings is 1. The van der Waals surface area contributed by atoms with Crippen LogP contribution in [0.5, 0.6) is 0 Å². The maximum absolute atomic E-state index is 13.8. The molecule has 6 heterocycles. The molecule has 10 rings (SSSR count). The molecule has 1 spiro atoms. The number of nitrogens with one attached hydrogen (secondary N) is 3. The standard InChI is InChI=1S/C59H81N9O8/c1-65-53(70)35-51(55(65)43-8-3-22-60-37-43)57(73)62-24-31-76-50-19-17-49(18-20-50)75-30-5-10-52(69)63-46-14-12-41(13-15-46)58(74)68-28-26-67(27-29-68)48-9-2-6-42(32-48)44(33-54(71)72)38-66-25-21-59(39-66)36-45(59)34-47-16-11-40-7-4-23-61-56(40)64-47/h2-3,6,8-9,11,16,22,32,37,41,44-46,49-51,55H,4-5,7,10,12-15,17-21,23-31,33-36,38-39H2,1H3,(H,61,64)(H,62,73)(H,63,69)(H,71,72)/t41?,44-,45?,46?,49?,50?,51+,55-,59?/m1/s1. The van der Waals surface area contributed by atoms with Crippen molar-refractivity contribution in [3.05, 3.63) is 83.3 Å². The number of fused-ring (bicyclic) bond motifs is 1. The molecule has 7 aliphatic rings. The summed E-state index contributed by atoms with van der Waals surface area (Å²) in [6.07, 6.45) is 17.4. The second kappa shape index (κ2) is 24.8. The second-order valence-electron chi connectivity index (χ2n) is 23.2. The number of benzene rings is 1. The molecule has 410 valence electrons. The fourth-order valence-corrected chi connectivity index (χ4v) is 13.6. The lowest BCUT2D eigenvalue weighted by Crippen LogP contribution is -2.51. The summed E-state index contributed by atoms with van der Waals surface area (Å²) in [7, 11) is 1.74. The Morgan fingerprint density at radius 2 is 1.71 bits per heavy atom. The van der Waals surface area contributed by atoms with Crippen LogP contribution in [0.3, 0.4) is 0 Å². The predicted octanol–water partition coefficient (Wildman–Crippen LogP) is 6.13. The first kappa shape index (κ1) is 53.7. The maximum atomic E-state index is 13.8. The average Bonchev–Trinajstić information content (AvgIpc) is 3.84. The first-order valence-electron chi connectivity index (χ1n) is 28.7. The van der Waals surface area contributed by atoms with Crippen LogP contribution in [0, 0.1) is 23.2 Å². The van der Waals surface area contributed by atoms with E-state index < -0.39 is 11.9 Å². The summed E-state index contributed by atoms with van der Waals surface area (Å²) in [5, 5.41) is 19.7. The van der Waals surface area contributed by atoms with Gasteiger partial charge in [-0.3, -0.25) is 29.0 Å². The summed E-state index contributed by atoms with van der Waals surface area (Å²) in [4.78, 5) is 82.1. The van der Waals surface area contributed by atoms with Crippen molar-refractivity contribution in [1.82, 2.24) is 35.3 Å². The number of aryl methyl sites for hydroxylation is 1. The van der Waals surface area contributed by atoms with E-state index in [9.17, 15) is 29.1 Å². The molecule has 4 aliphatic heterocycles. The van der Waals surface area contributed by atoms with Gasteiger partial charge in [0.2, 0.25) is 23.6 Å². The number of carbonyl (C=O) groups excluding carboxylic acids is 4. The van der Waals surface area contributed by atoms with E-state index in [1.165, 1.54) is 17.7 Å². The SMILES string of the molecule is CN1C(=O)C[C@H](C(=O)NCCOC2CCC(OCCCC(=O)NC3CCC(C(=O)N4CCN(c5cccc([C@H](CC(=O)O)CN6CCC7(CC7Cc7ccc8c(n7)NCCC8)C6)c5)CC4)CC3)CC2)[C@H]1c1cccnc1. The van der Waals surface area contributed by atoms with Crippen molar-refractivity contribution in [2.45, 2.75) is 139 Å². The Kier molecular flexibility index (Phi) is 17.5. The van der Waals surface area contributed by atoms with Gasteiger partial charge in [0.25, 0.3) is 0 Å². The number of nitrogens with zero attached hydrogens (tertiary/aromatic N) is 6. The summed E-state index contributed by atoms with van der Waals surface area (Å²) in [6.45, 7) is 7.88. The fraction of sp³-hybridized carbons (Fsp3) is 0.644. The first-order valence-corrected chi connectivity index (χ1v) is 28.7. The van der Waals surface area contributed by atoms with Crippen LogP contribution in [0.4, 0.5) is 11.5 Å². The van der Waals surface area contributed by atoms with Crippen LogP contribution in [0.2, 0.25) is 0 Å². The van der Waals surface area contributed by atoms with E-state index >= 15 is 0 Å². The van der Waals surface area contributed by atoms with Gasteiger partial charge in [-0.05, 0) is 149 Å². The highest BCUT2D eigenvalue weighted by atomic mass is 16.5. The van der Waals surface area contributed by atoms with Crippen LogP contribution in [0.1, 0.15) is 131 Å². The molecular formula is C59H81N9O8. The van der Waals surface area contributed by atoms with E-state index in [4.69, 9.17) is 14.5 Å². The third-order valence-corrected chi connectivity index (χ3v) is 18.1. The minimum atomic E-state index is -0.770. The van der Waals surface area contributed by atoms with Crippen LogP contribution in [0.25, 0.3) is 0 Å². The Hall–Kier alpha value is -5.65. The maximum Gasteiger partial charge on any atom is 0.304 e. The molecule has 0 bridgehead atoms. The molecule has 4 N–H and O–H groups in total. The zero-order valence-electron chi connectivity index (χ0n) is 44.7. The van der Waals surface area contributed by atoms with Gasteiger partial charge in [0, 0.05) is 121 Å². The molecule has 3 saturated heterocycles. The quantitative estimate of drug-likeness (QED) is 0.0890. The molecule has 2 aromatic heterocycles. The minimum absolute atomic E-state index is 0.0219. The molecule has 1 aromatic carbocycles. The van der Waals surface area contributed by atoms with Crippen LogP contribution in [-0.4, -0.2) is 157 Å². The van der Waals surface area contributed by atoms with Gasteiger partial charge in [-0.15, -0.1) is 0 Å². The summed E-state index contributed by atoms with van der Waals surface area (Å²) in [5.74, 6) is 0.414. The average molecular weight is 1040 g/mol. The number of hydrogen-bond donors (Lipinski definition) is 4.